The zero-order chi connectivity index (χ0) is 12.4. The highest BCUT2D eigenvalue weighted by molar-refractivity contribution is 5.72. The third kappa shape index (κ3) is 2.33. The van der Waals surface area contributed by atoms with Crippen LogP contribution in [0.4, 0.5) is 0 Å². The molecule has 0 amide bonds. The Morgan fingerprint density at radius 1 is 0.765 bits per heavy atom. The van der Waals surface area contributed by atoms with E-state index in [4.69, 9.17) is 4.74 Å². The molecule has 1 heteroatoms. The molecule has 2 rings (SSSR count). The summed E-state index contributed by atoms with van der Waals surface area (Å²) in [6.07, 6.45) is 0. The average Bonchev–Trinajstić information content (AvgIpc) is 2.33. The maximum absolute atomic E-state index is 5.30. The fraction of sp³-hybridized carbons (Fsp3) is 0.250. The van der Waals surface area contributed by atoms with Crippen molar-refractivity contribution < 1.29 is 4.74 Å². The molecule has 0 unspecified atom stereocenters. The van der Waals surface area contributed by atoms with Gasteiger partial charge in [-0.1, -0.05) is 29.8 Å². The number of methoxy groups -OCH3 is 1. The monoisotopic (exact) mass is 226 g/mol. The second-order valence-electron chi connectivity index (χ2n) is 4.50. The molecule has 0 saturated heterocycles. The van der Waals surface area contributed by atoms with E-state index in [-0.39, 0.29) is 0 Å². The van der Waals surface area contributed by atoms with Crippen molar-refractivity contribution in [1.82, 2.24) is 0 Å². The maximum Gasteiger partial charge on any atom is 0.119 e. The van der Waals surface area contributed by atoms with Crippen LogP contribution in [-0.2, 0) is 0 Å². The topological polar surface area (TPSA) is 9.23 Å². The number of hydrogen-bond acceptors (Lipinski definition) is 1. The standard InChI is InChI=1S/C16H18O/c1-11-5-6-12(2)15(9-11)16-10-14(17-4)8-7-13(16)3/h5-10H,1-4H3. The summed E-state index contributed by atoms with van der Waals surface area (Å²) in [7, 11) is 1.71. The smallest absolute Gasteiger partial charge is 0.119 e. The fourth-order valence-electron chi connectivity index (χ4n) is 2.04. The summed E-state index contributed by atoms with van der Waals surface area (Å²) in [5, 5.41) is 0. The normalized spacial score (nSPS) is 10.4. The van der Waals surface area contributed by atoms with E-state index in [1.54, 1.807) is 7.11 Å². The van der Waals surface area contributed by atoms with E-state index in [0.717, 1.165) is 5.75 Å². The predicted octanol–water partition coefficient (Wildman–Crippen LogP) is 4.29. The van der Waals surface area contributed by atoms with Gasteiger partial charge in [0.2, 0.25) is 0 Å². The molecule has 0 spiro atoms. The van der Waals surface area contributed by atoms with E-state index < -0.39 is 0 Å². The third-order valence-corrected chi connectivity index (χ3v) is 3.13. The van der Waals surface area contributed by atoms with Crippen LogP contribution in [0, 0.1) is 20.8 Å². The minimum Gasteiger partial charge on any atom is -0.497 e. The first kappa shape index (κ1) is 11.7. The summed E-state index contributed by atoms with van der Waals surface area (Å²) in [5.41, 5.74) is 6.41. The molecule has 0 atom stereocenters. The fourth-order valence-corrected chi connectivity index (χ4v) is 2.04. The molecule has 0 aromatic heterocycles. The maximum atomic E-state index is 5.30. The molecule has 0 radical (unpaired) electrons. The molecule has 0 aliphatic carbocycles. The first-order chi connectivity index (χ1) is 8.11. The van der Waals surface area contributed by atoms with Gasteiger partial charge >= 0.3 is 0 Å². The largest absolute Gasteiger partial charge is 0.497 e. The Kier molecular flexibility index (Phi) is 3.19. The minimum atomic E-state index is 0.909. The number of ether oxygens (including phenoxy) is 1. The average molecular weight is 226 g/mol. The highest BCUT2D eigenvalue weighted by Gasteiger charge is 2.06. The minimum absolute atomic E-state index is 0.909. The Morgan fingerprint density at radius 3 is 2.00 bits per heavy atom. The summed E-state index contributed by atoms with van der Waals surface area (Å²) in [6.45, 7) is 6.41. The summed E-state index contributed by atoms with van der Waals surface area (Å²) in [5.74, 6) is 0.909. The van der Waals surface area contributed by atoms with Crippen LogP contribution in [0.15, 0.2) is 36.4 Å². The molecule has 0 saturated carbocycles. The van der Waals surface area contributed by atoms with Gasteiger partial charge in [0.25, 0.3) is 0 Å². The summed E-state index contributed by atoms with van der Waals surface area (Å²) >= 11 is 0. The van der Waals surface area contributed by atoms with Gasteiger partial charge in [-0.2, -0.15) is 0 Å². The van der Waals surface area contributed by atoms with Crippen LogP contribution in [0.3, 0.4) is 0 Å². The van der Waals surface area contributed by atoms with Crippen molar-refractivity contribution in [3.05, 3.63) is 53.1 Å². The lowest BCUT2D eigenvalue weighted by Crippen LogP contribution is -1.90. The zero-order valence-electron chi connectivity index (χ0n) is 10.9. The molecule has 2 aromatic carbocycles. The van der Waals surface area contributed by atoms with E-state index in [9.17, 15) is 0 Å². The molecule has 0 aliphatic heterocycles. The van der Waals surface area contributed by atoms with Gasteiger partial charge in [0.1, 0.15) is 5.75 Å². The lowest BCUT2D eigenvalue weighted by Gasteiger charge is -2.12. The number of benzene rings is 2. The van der Waals surface area contributed by atoms with Gasteiger partial charge in [-0.25, -0.2) is 0 Å². The van der Waals surface area contributed by atoms with Gasteiger partial charge in [-0.15, -0.1) is 0 Å². The van der Waals surface area contributed by atoms with E-state index in [2.05, 4.69) is 51.1 Å². The number of hydrogen-bond donors (Lipinski definition) is 0. The molecule has 1 nitrogen and oxygen atoms in total. The number of rotatable bonds is 2. The molecular formula is C16H18O. The quantitative estimate of drug-likeness (QED) is 0.742. The predicted molar refractivity (Wildman–Crippen MR) is 72.6 cm³/mol. The van der Waals surface area contributed by atoms with Crippen LogP contribution in [0.25, 0.3) is 11.1 Å². The van der Waals surface area contributed by atoms with Crippen molar-refractivity contribution in [2.45, 2.75) is 20.8 Å². The van der Waals surface area contributed by atoms with Gasteiger partial charge in [-0.05, 0) is 55.2 Å². The van der Waals surface area contributed by atoms with E-state index in [0.29, 0.717) is 0 Å². The van der Waals surface area contributed by atoms with Crippen molar-refractivity contribution in [3.8, 4) is 16.9 Å². The van der Waals surface area contributed by atoms with E-state index in [1.165, 1.54) is 27.8 Å². The molecule has 17 heavy (non-hydrogen) atoms. The van der Waals surface area contributed by atoms with Crippen LogP contribution in [0.1, 0.15) is 16.7 Å². The molecule has 0 N–H and O–H groups in total. The summed E-state index contributed by atoms with van der Waals surface area (Å²) < 4.78 is 5.30. The van der Waals surface area contributed by atoms with Crippen LogP contribution in [0.2, 0.25) is 0 Å². The van der Waals surface area contributed by atoms with Crippen molar-refractivity contribution >= 4 is 0 Å². The van der Waals surface area contributed by atoms with Gasteiger partial charge in [0.15, 0.2) is 0 Å². The molecule has 0 aliphatic rings. The molecular weight excluding hydrogens is 208 g/mol. The molecule has 88 valence electrons. The Balaban J connectivity index is 2.62. The zero-order valence-corrected chi connectivity index (χ0v) is 10.9. The van der Waals surface area contributed by atoms with Crippen molar-refractivity contribution in [1.29, 1.82) is 0 Å². The van der Waals surface area contributed by atoms with Crippen molar-refractivity contribution in [3.63, 3.8) is 0 Å². The third-order valence-electron chi connectivity index (χ3n) is 3.13. The molecule has 0 fully saturated rings. The highest BCUT2D eigenvalue weighted by Crippen LogP contribution is 2.30. The van der Waals surface area contributed by atoms with Crippen LogP contribution >= 0.6 is 0 Å². The van der Waals surface area contributed by atoms with Crippen LogP contribution < -0.4 is 4.74 Å². The molecule has 0 heterocycles. The van der Waals surface area contributed by atoms with Crippen LogP contribution in [0.5, 0.6) is 5.75 Å². The van der Waals surface area contributed by atoms with Gasteiger partial charge in [-0.3, -0.25) is 0 Å². The number of aryl methyl sites for hydroxylation is 3. The highest BCUT2D eigenvalue weighted by atomic mass is 16.5. The van der Waals surface area contributed by atoms with Gasteiger partial charge < -0.3 is 4.74 Å². The van der Waals surface area contributed by atoms with Crippen molar-refractivity contribution in [2.24, 2.45) is 0 Å². The second kappa shape index (κ2) is 4.62. The lowest BCUT2D eigenvalue weighted by atomic mass is 9.95. The molecule has 2 aromatic rings. The van der Waals surface area contributed by atoms with E-state index in [1.807, 2.05) is 6.07 Å². The molecule has 0 bridgehead atoms. The van der Waals surface area contributed by atoms with Gasteiger partial charge in [0, 0.05) is 0 Å². The Hall–Kier alpha value is -1.76. The first-order valence-electron chi connectivity index (χ1n) is 5.84. The van der Waals surface area contributed by atoms with Crippen molar-refractivity contribution in [2.75, 3.05) is 7.11 Å². The van der Waals surface area contributed by atoms with Gasteiger partial charge in [0.05, 0.1) is 7.11 Å². The van der Waals surface area contributed by atoms with Crippen LogP contribution in [-0.4, -0.2) is 7.11 Å². The summed E-state index contributed by atoms with van der Waals surface area (Å²) in [6, 6.07) is 12.8. The first-order valence-corrected chi connectivity index (χ1v) is 5.84. The summed E-state index contributed by atoms with van der Waals surface area (Å²) in [4.78, 5) is 0. The SMILES string of the molecule is COc1ccc(C)c(-c2cc(C)ccc2C)c1. The Morgan fingerprint density at radius 2 is 1.35 bits per heavy atom. The Labute approximate surface area is 103 Å². The Bertz CT molecular complexity index is 541. The lowest BCUT2D eigenvalue weighted by molar-refractivity contribution is 0.415. The second-order valence-corrected chi connectivity index (χ2v) is 4.50. The van der Waals surface area contributed by atoms with E-state index >= 15 is 0 Å².